The van der Waals surface area contributed by atoms with E-state index < -0.39 is 0 Å². The highest BCUT2D eigenvalue weighted by Crippen LogP contribution is 2.39. The molecule has 10 rings (SSSR count). The Bertz CT molecular complexity index is 2870. The van der Waals surface area contributed by atoms with Crippen molar-refractivity contribution in [2.75, 3.05) is 0 Å². The third-order valence-electron chi connectivity index (χ3n) is 9.15. The monoisotopic (exact) mass is 600 g/mol. The van der Waals surface area contributed by atoms with Crippen LogP contribution >= 0.6 is 0 Å². The Balaban J connectivity index is 1.31. The van der Waals surface area contributed by atoms with Crippen molar-refractivity contribution < 1.29 is 4.42 Å². The van der Waals surface area contributed by atoms with E-state index in [9.17, 15) is 0 Å². The summed E-state index contributed by atoms with van der Waals surface area (Å²) in [5.74, 6) is 1.68. The second-order valence-corrected chi connectivity index (χ2v) is 11.9. The van der Waals surface area contributed by atoms with E-state index in [4.69, 9.17) is 24.4 Å². The smallest absolute Gasteiger partial charge is 0.183 e. The SMILES string of the molecule is c1ccc2cc(-c3nc(-c4cc5c6ccccc6ccc5c5ccccc45)nc(-c4nccc5oc6ccccc6c45)n3)ccc2c1. The van der Waals surface area contributed by atoms with Crippen molar-refractivity contribution in [1.29, 1.82) is 0 Å². The number of hydrogen-bond donors (Lipinski definition) is 0. The Morgan fingerprint density at radius 2 is 1.06 bits per heavy atom. The summed E-state index contributed by atoms with van der Waals surface area (Å²) in [5.41, 5.74) is 4.06. The molecule has 0 N–H and O–H groups in total. The van der Waals surface area contributed by atoms with E-state index in [0.717, 1.165) is 60.0 Å². The number of para-hydroxylation sites is 1. The molecule has 5 nitrogen and oxygen atoms in total. The average molecular weight is 601 g/mol. The number of nitrogens with zero attached hydrogens (tertiary/aromatic N) is 4. The average Bonchev–Trinajstić information content (AvgIpc) is 3.53. The molecule has 0 saturated heterocycles. The minimum absolute atomic E-state index is 0.498. The third-order valence-corrected chi connectivity index (χ3v) is 9.15. The molecule has 0 atom stereocenters. The number of furan rings is 1. The van der Waals surface area contributed by atoms with Gasteiger partial charge in [0.2, 0.25) is 0 Å². The molecule has 10 aromatic rings. The Morgan fingerprint density at radius 3 is 1.96 bits per heavy atom. The van der Waals surface area contributed by atoms with Crippen molar-refractivity contribution in [3.05, 3.63) is 146 Å². The van der Waals surface area contributed by atoms with Gasteiger partial charge in [0.15, 0.2) is 17.5 Å². The minimum atomic E-state index is 0.498. The molecule has 218 valence electrons. The summed E-state index contributed by atoms with van der Waals surface area (Å²) < 4.78 is 6.23. The van der Waals surface area contributed by atoms with Crippen molar-refractivity contribution in [2.24, 2.45) is 0 Å². The van der Waals surface area contributed by atoms with Crippen LogP contribution in [0.15, 0.2) is 150 Å². The molecule has 0 aliphatic rings. The molecule has 0 saturated carbocycles. The highest BCUT2D eigenvalue weighted by Gasteiger charge is 2.20. The lowest BCUT2D eigenvalue weighted by Crippen LogP contribution is -2.02. The molecule has 0 unspecified atom stereocenters. The lowest BCUT2D eigenvalue weighted by molar-refractivity contribution is 0.668. The van der Waals surface area contributed by atoms with Gasteiger partial charge in [0, 0.05) is 22.7 Å². The van der Waals surface area contributed by atoms with E-state index in [1.165, 1.54) is 16.2 Å². The van der Waals surface area contributed by atoms with Gasteiger partial charge in [-0.05, 0) is 67.4 Å². The molecule has 5 heteroatoms. The first kappa shape index (κ1) is 25.8. The van der Waals surface area contributed by atoms with Crippen LogP contribution < -0.4 is 0 Å². The number of benzene rings is 7. The first-order valence-corrected chi connectivity index (χ1v) is 15.6. The van der Waals surface area contributed by atoms with Gasteiger partial charge in [-0.25, -0.2) is 15.0 Å². The summed E-state index contributed by atoms with van der Waals surface area (Å²) >= 11 is 0. The van der Waals surface area contributed by atoms with Crippen molar-refractivity contribution >= 4 is 65.0 Å². The summed E-state index contributed by atoms with van der Waals surface area (Å²) in [4.78, 5) is 20.4. The van der Waals surface area contributed by atoms with E-state index >= 15 is 0 Å². The molecule has 0 fully saturated rings. The van der Waals surface area contributed by atoms with Crippen LogP contribution in [0.1, 0.15) is 0 Å². The molecule has 7 aromatic carbocycles. The van der Waals surface area contributed by atoms with Crippen LogP contribution in [0.25, 0.3) is 99.3 Å². The Kier molecular flexibility index (Phi) is 5.51. The third kappa shape index (κ3) is 4.03. The van der Waals surface area contributed by atoms with Crippen LogP contribution in [0.5, 0.6) is 0 Å². The van der Waals surface area contributed by atoms with Crippen molar-refractivity contribution in [3.8, 4) is 34.3 Å². The molecule has 0 aliphatic heterocycles. The molecular formula is C42H24N4O. The Hall–Kier alpha value is -6.46. The summed E-state index contributed by atoms with van der Waals surface area (Å²) in [5, 5.41) is 11.1. The molecular weight excluding hydrogens is 576 g/mol. The van der Waals surface area contributed by atoms with E-state index in [-0.39, 0.29) is 0 Å². The van der Waals surface area contributed by atoms with Gasteiger partial charge >= 0.3 is 0 Å². The quantitative estimate of drug-likeness (QED) is 0.189. The number of fused-ring (bicyclic) bond motifs is 9. The number of hydrogen-bond acceptors (Lipinski definition) is 5. The predicted molar refractivity (Wildman–Crippen MR) is 191 cm³/mol. The fourth-order valence-corrected chi connectivity index (χ4v) is 6.95. The van der Waals surface area contributed by atoms with Crippen LogP contribution in [0.2, 0.25) is 0 Å². The first-order chi connectivity index (χ1) is 23.3. The largest absolute Gasteiger partial charge is 0.456 e. The topological polar surface area (TPSA) is 64.7 Å². The summed E-state index contributed by atoms with van der Waals surface area (Å²) in [6, 6.07) is 48.3. The van der Waals surface area contributed by atoms with Gasteiger partial charge < -0.3 is 4.42 Å². The molecule has 0 bridgehead atoms. The lowest BCUT2D eigenvalue weighted by atomic mass is 9.93. The highest BCUT2D eigenvalue weighted by molar-refractivity contribution is 6.20. The number of pyridine rings is 1. The fraction of sp³-hybridized carbons (Fsp3) is 0. The fourth-order valence-electron chi connectivity index (χ4n) is 6.95. The zero-order valence-electron chi connectivity index (χ0n) is 25.1. The van der Waals surface area contributed by atoms with E-state index in [1.807, 2.05) is 24.3 Å². The van der Waals surface area contributed by atoms with E-state index in [0.29, 0.717) is 23.2 Å². The van der Waals surface area contributed by atoms with Gasteiger partial charge in [-0.1, -0.05) is 115 Å². The normalized spacial score (nSPS) is 11.8. The van der Waals surface area contributed by atoms with Gasteiger partial charge in [0.25, 0.3) is 0 Å². The van der Waals surface area contributed by atoms with Crippen LogP contribution in [0.3, 0.4) is 0 Å². The highest BCUT2D eigenvalue weighted by atomic mass is 16.3. The van der Waals surface area contributed by atoms with Gasteiger partial charge in [0.05, 0.1) is 5.39 Å². The molecule has 3 aromatic heterocycles. The van der Waals surface area contributed by atoms with Crippen LogP contribution in [-0.2, 0) is 0 Å². The maximum atomic E-state index is 6.23. The zero-order chi connectivity index (χ0) is 30.9. The second-order valence-electron chi connectivity index (χ2n) is 11.9. The molecule has 0 amide bonds. The summed E-state index contributed by atoms with van der Waals surface area (Å²) in [6.45, 7) is 0. The zero-order valence-corrected chi connectivity index (χ0v) is 25.1. The van der Waals surface area contributed by atoms with Crippen LogP contribution in [0.4, 0.5) is 0 Å². The predicted octanol–water partition coefficient (Wildman–Crippen LogP) is 10.8. The molecule has 47 heavy (non-hydrogen) atoms. The molecule has 3 heterocycles. The van der Waals surface area contributed by atoms with E-state index in [2.05, 4.69) is 115 Å². The lowest BCUT2D eigenvalue weighted by Gasteiger charge is -2.14. The summed E-state index contributed by atoms with van der Waals surface area (Å²) in [7, 11) is 0. The minimum Gasteiger partial charge on any atom is -0.456 e. The number of aromatic nitrogens is 4. The van der Waals surface area contributed by atoms with Crippen molar-refractivity contribution in [2.45, 2.75) is 0 Å². The van der Waals surface area contributed by atoms with Gasteiger partial charge in [-0.3, -0.25) is 4.98 Å². The van der Waals surface area contributed by atoms with Gasteiger partial charge in [-0.15, -0.1) is 0 Å². The molecule has 0 spiro atoms. The number of rotatable bonds is 3. The van der Waals surface area contributed by atoms with Crippen molar-refractivity contribution in [3.63, 3.8) is 0 Å². The standard InChI is InChI=1S/C42H24N4O/c1-2-11-27-23-28(18-17-25(27)9-1)40-44-41(46-42(45-40)39-38-33-15-7-8-16-36(33)47-37(38)21-22-43-39)35-24-34-29-12-4-3-10-26(29)19-20-32(34)30-13-5-6-14-31(30)35/h1-24H. The molecule has 0 radical (unpaired) electrons. The van der Waals surface area contributed by atoms with Gasteiger partial charge in [0.1, 0.15) is 16.9 Å². The maximum Gasteiger partial charge on any atom is 0.183 e. The second kappa shape index (κ2) is 10.0. The first-order valence-electron chi connectivity index (χ1n) is 15.6. The van der Waals surface area contributed by atoms with E-state index in [1.54, 1.807) is 6.20 Å². The summed E-state index contributed by atoms with van der Waals surface area (Å²) in [6.07, 6.45) is 1.76. The van der Waals surface area contributed by atoms with Gasteiger partial charge in [-0.2, -0.15) is 0 Å². The Morgan fingerprint density at radius 1 is 0.404 bits per heavy atom. The van der Waals surface area contributed by atoms with Crippen molar-refractivity contribution in [1.82, 2.24) is 19.9 Å². The molecule has 0 aliphatic carbocycles. The Labute approximate surface area is 268 Å². The van der Waals surface area contributed by atoms with Crippen LogP contribution in [-0.4, -0.2) is 19.9 Å². The van der Waals surface area contributed by atoms with Crippen LogP contribution in [0, 0.1) is 0 Å². The maximum absolute atomic E-state index is 6.23.